The lowest BCUT2D eigenvalue weighted by Gasteiger charge is -2.03. The molecular weight excluding hydrogens is 298 g/mol. The van der Waals surface area contributed by atoms with Crippen molar-refractivity contribution >= 4 is 16.2 Å². The van der Waals surface area contributed by atoms with Crippen molar-refractivity contribution in [2.45, 2.75) is 11.8 Å². The van der Waals surface area contributed by atoms with Crippen molar-refractivity contribution in [1.82, 2.24) is 4.83 Å². The van der Waals surface area contributed by atoms with Gasteiger partial charge in [0.25, 0.3) is 10.0 Å². The molecule has 4 nitrogen and oxygen atoms in total. The summed E-state index contributed by atoms with van der Waals surface area (Å²) in [6.45, 7) is 1.83. The Bertz CT molecular complexity index is 772. The lowest BCUT2D eigenvalue weighted by molar-refractivity contribution is 0.584. The van der Waals surface area contributed by atoms with Crippen LogP contribution in [0.1, 0.15) is 11.1 Å². The Labute approximate surface area is 121 Å². The van der Waals surface area contributed by atoms with Crippen LogP contribution in [0, 0.1) is 18.6 Å². The average Bonchev–Trinajstić information content (AvgIpc) is 2.43. The van der Waals surface area contributed by atoms with Crippen LogP contribution in [0.2, 0.25) is 0 Å². The third kappa shape index (κ3) is 3.85. The Balaban J connectivity index is 2.16. The third-order valence-corrected chi connectivity index (χ3v) is 3.90. The minimum Gasteiger partial charge on any atom is -0.207 e. The van der Waals surface area contributed by atoms with Gasteiger partial charge in [-0.05, 0) is 37.3 Å². The maximum atomic E-state index is 13.3. The van der Waals surface area contributed by atoms with Gasteiger partial charge in [-0.25, -0.2) is 13.6 Å². The molecular formula is C14H12F2N2O2S. The number of nitrogens with one attached hydrogen (secondary N) is 1. The Morgan fingerprint density at radius 1 is 1.10 bits per heavy atom. The summed E-state index contributed by atoms with van der Waals surface area (Å²) in [4.78, 5) is 1.97. The number of halogens is 2. The first-order valence-corrected chi connectivity index (χ1v) is 7.43. The summed E-state index contributed by atoms with van der Waals surface area (Å²) in [5.74, 6) is -1.34. The number of rotatable bonds is 4. The SMILES string of the molecule is Cc1ccc(S(=O)(=O)N/N=C/c2cc(F)ccc2F)cc1. The Morgan fingerprint density at radius 2 is 1.76 bits per heavy atom. The fourth-order valence-corrected chi connectivity index (χ4v) is 2.34. The second-order valence-electron chi connectivity index (χ2n) is 4.33. The van der Waals surface area contributed by atoms with E-state index in [4.69, 9.17) is 0 Å². The standard InChI is InChI=1S/C14H12F2N2O2S/c1-10-2-5-13(6-3-10)21(19,20)18-17-9-11-8-12(15)4-7-14(11)16/h2-9,18H,1H3/b17-9+. The number of benzene rings is 2. The zero-order chi connectivity index (χ0) is 15.5. The van der Waals surface area contributed by atoms with E-state index in [1.165, 1.54) is 12.1 Å². The summed E-state index contributed by atoms with van der Waals surface area (Å²) in [5.41, 5.74) is 0.765. The highest BCUT2D eigenvalue weighted by Gasteiger charge is 2.11. The minimum atomic E-state index is -3.83. The van der Waals surface area contributed by atoms with Gasteiger partial charge in [0.15, 0.2) is 0 Å². The van der Waals surface area contributed by atoms with Gasteiger partial charge in [-0.2, -0.15) is 13.5 Å². The molecule has 0 aliphatic carbocycles. The molecule has 1 N–H and O–H groups in total. The van der Waals surface area contributed by atoms with Gasteiger partial charge in [0, 0.05) is 5.56 Å². The van der Waals surface area contributed by atoms with E-state index in [0.29, 0.717) is 0 Å². The second-order valence-corrected chi connectivity index (χ2v) is 5.99. The molecule has 0 heterocycles. The van der Waals surface area contributed by atoms with E-state index in [9.17, 15) is 17.2 Å². The van der Waals surface area contributed by atoms with Gasteiger partial charge in [0.1, 0.15) is 11.6 Å². The summed E-state index contributed by atoms with van der Waals surface area (Å²) >= 11 is 0. The van der Waals surface area contributed by atoms with Crippen LogP contribution in [0.25, 0.3) is 0 Å². The summed E-state index contributed by atoms with van der Waals surface area (Å²) in [6, 6.07) is 8.95. The molecule has 0 radical (unpaired) electrons. The van der Waals surface area contributed by atoms with E-state index in [-0.39, 0.29) is 10.5 Å². The minimum absolute atomic E-state index is 0.0324. The Morgan fingerprint density at radius 3 is 2.43 bits per heavy atom. The summed E-state index contributed by atoms with van der Waals surface area (Å²) in [5, 5.41) is 3.44. The monoisotopic (exact) mass is 310 g/mol. The molecule has 0 unspecified atom stereocenters. The summed E-state index contributed by atoms with van der Waals surface area (Å²) < 4.78 is 50.1. The number of nitrogens with zero attached hydrogens (tertiary/aromatic N) is 1. The molecule has 0 aliphatic rings. The van der Waals surface area contributed by atoms with Crippen LogP contribution in [0.4, 0.5) is 8.78 Å². The molecule has 0 aliphatic heterocycles. The predicted molar refractivity (Wildman–Crippen MR) is 75.5 cm³/mol. The third-order valence-electron chi connectivity index (χ3n) is 2.67. The maximum absolute atomic E-state index is 13.3. The number of hydrazone groups is 1. The van der Waals surface area contributed by atoms with Gasteiger partial charge in [-0.3, -0.25) is 0 Å². The van der Waals surface area contributed by atoms with Crippen molar-refractivity contribution < 1.29 is 17.2 Å². The fraction of sp³-hybridized carbons (Fsp3) is 0.0714. The van der Waals surface area contributed by atoms with Gasteiger partial charge >= 0.3 is 0 Å². The number of aryl methyl sites for hydroxylation is 1. The van der Waals surface area contributed by atoms with E-state index in [1.54, 1.807) is 12.1 Å². The van der Waals surface area contributed by atoms with Crippen LogP contribution < -0.4 is 4.83 Å². The molecule has 0 fully saturated rings. The topological polar surface area (TPSA) is 58.5 Å². The number of sulfonamides is 1. The molecule has 21 heavy (non-hydrogen) atoms. The van der Waals surface area contributed by atoms with Gasteiger partial charge < -0.3 is 0 Å². The van der Waals surface area contributed by atoms with Crippen LogP contribution in [0.3, 0.4) is 0 Å². The van der Waals surface area contributed by atoms with Crippen LogP contribution in [-0.2, 0) is 10.0 Å². The highest BCUT2D eigenvalue weighted by Crippen LogP contribution is 2.10. The van der Waals surface area contributed by atoms with Gasteiger partial charge in [0.2, 0.25) is 0 Å². The van der Waals surface area contributed by atoms with Gasteiger partial charge in [-0.1, -0.05) is 17.7 Å². The molecule has 110 valence electrons. The van der Waals surface area contributed by atoms with Crippen LogP contribution in [-0.4, -0.2) is 14.6 Å². The van der Waals surface area contributed by atoms with E-state index in [1.807, 2.05) is 11.8 Å². The smallest absolute Gasteiger partial charge is 0.207 e. The first-order valence-electron chi connectivity index (χ1n) is 5.95. The zero-order valence-corrected chi connectivity index (χ0v) is 11.9. The molecule has 0 atom stereocenters. The molecule has 0 saturated carbocycles. The number of hydrogen-bond acceptors (Lipinski definition) is 3. The Kier molecular flexibility index (Phi) is 4.32. The molecule has 0 bridgehead atoms. The molecule has 0 saturated heterocycles. The average molecular weight is 310 g/mol. The summed E-state index contributed by atoms with van der Waals surface area (Å²) in [6.07, 6.45) is 0.907. The predicted octanol–water partition coefficient (Wildman–Crippen LogP) is 2.59. The second kappa shape index (κ2) is 6.01. The highest BCUT2D eigenvalue weighted by molar-refractivity contribution is 7.89. The van der Waals surface area contributed by atoms with Crippen molar-refractivity contribution in [1.29, 1.82) is 0 Å². The van der Waals surface area contributed by atoms with Crippen molar-refractivity contribution in [3.05, 3.63) is 65.2 Å². The van der Waals surface area contributed by atoms with E-state index < -0.39 is 21.7 Å². The van der Waals surface area contributed by atoms with Crippen molar-refractivity contribution in [3.63, 3.8) is 0 Å². The zero-order valence-electron chi connectivity index (χ0n) is 11.0. The molecule has 0 spiro atoms. The largest absolute Gasteiger partial charge is 0.276 e. The molecule has 2 aromatic carbocycles. The van der Waals surface area contributed by atoms with Crippen molar-refractivity contribution in [2.75, 3.05) is 0 Å². The normalized spacial score (nSPS) is 11.8. The van der Waals surface area contributed by atoms with Gasteiger partial charge in [0.05, 0.1) is 11.1 Å². The molecule has 7 heteroatoms. The maximum Gasteiger partial charge on any atom is 0.276 e. The van der Waals surface area contributed by atoms with Crippen molar-refractivity contribution in [3.8, 4) is 0 Å². The molecule has 0 aromatic heterocycles. The first-order chi connectivity index (χ1) is 9.88. The van der Waals surface area contributed by atoms with E-state index in [0.717, 1.165) is 30.0 Å². The molecule has 0 amide bonds. The van der Waals surface area contributed by atoms with Crippen LogP contribution in [0.15, 0.2) is 52.5 Å². The lowest BCUT2D eigenvalue weighted by Crippen LogP contribution is -2.18. The molecule has 2 rings (SSSR count). The summed E-state index contributed by atoms with van der Waals surface area (Å²) in [7, 11) is -3.83. The van der Waals surface area contributed by atoms with Crippen LogP contribution in [0.5, 0.6) is 0 Å². The van der Waals surface area contributed by atoms with Crippen LogP contribution >= 0.6 is 0 Å². The first kappa shape index (κ1) is 15.1. The van der Waals surface area contributed by atoms with Gasteiger partial charge in [-0.15, -0.1) is 0 Å². The van der Waals surface area contributed by atoms with E-state index >= 15 is 0 Å². The Hall–Kier alpha value is -2.28. The quantitative estimate of drug-likeness (QED) is 0.697. The fourth-order valence-electron chi connectivity index (χ4n) is 1.55. The molecule has 2 aromatic rings. The lowest BCUT2D eigenvalue weighted by atomic mass is 10.2. The highest BCUT2D eigenvalue weighted by atomic mass is 32.2. The number of hydrogen-bond donors (Lipinski definition) is 1. The van der Waals surface area contributed by atoms with Crippen molar-refractivity contribution in [2.24, 2.45) is 5.10 Å². The van der Waals surface area contributed by atoms with E-state index in [2.05, 4.69) is 5.10 Å².